The Kier molecular flexibility index (Phi) is 12.5. The zero-order chi connectivity index (χ0) is 18.6. The van der Waals surface area contributed by atoms with E-state index in [-0.39, 0.29) is 5.97 Å². The third kappa shape index (κ3) is 15.0. The van der Waals surface area contributed by atoms with E-state index in [4.69, 9.17) is 4.74 Å². The summed E-state index contributed by atoms with van der Waals surface area (Å²) >= 11 is 0. The largest absolute Gasteiger partial charge is 0.465 e. The molecule has 0 aromatic heterocycles. The normalized spacial score (nSPS) is 13.5. The van der Waals surface area contributed by atoms with Gasteiger partial charge in [0.15, 0.2) is 0 Å². The van der Waals surface area contributed by atoms with Gasteiger partial charge in [0.25, 0.3) is 0 Å². The Morgan fingerprint density at radius 2 is 1.46 bits per heavy atom. The number of rotatable bonds is 13. The molecule has 0 spiro atoms. The van der Waals surface area contributed by atoms with Crippen molar-refractivity contribution in [2.45, 2.75) is 106 Å². The predicted molar refractivity (Wildman–Crippen MR) is 105 cm³/mol. The summed E-state index contributed by atoms with van der Waals surface area (Å²) in [5.41, 5.74) is 0.451. The van der Waals surface area contributed by atoms with Crippen molar-refractivity contribution >= 4 is 5.97 Å². The standard InChI is InChI=1S/C22H44O2/c1-18(2)14-15-20(19(3)4)17-24-21(23)13-11-9-8-10-12-16-22(5,6)7/h18-20H,8-17H2,1-7H3. The van der Waals surface area contributed by atoms with Crippen molar-refractivity contribution in [3.8, 4) is 0 Å². The lowest BCUT2D eigenvalue weighted by Crippen LogP contribution is -2.19. The van der Waals surface area contributed by atoms with Crippen molar-refractivity contribution in [1.29, 1.82) is 0 Å². The first-order valence-corrected chi connectivity index (χ1v) is 10.3. The van der Waals surface area contributed by atoms with Crippen LogP contribution in [-0.4, -0.2) is 12.6 Å². The van der Waals surface area contributed by atoms with Gasteiger partial charge in [-0.05, 0) is 42.4 Å². The van der Waals surface area contributed by atoms with E-state index in [1.807, 2.05) is 0 Å². The molecular formula is C22H44O2. The number of ether oxygens (including phenoxy) is 1. The average Bonchev–Trinajstić information content (AvgIpc) is 2.44. The number of carbonyl (C=O) groups excluding carboxylic acids is 1. The van der Waals surface area contributed by atoms with Gasteiger partial charge in [0.1, 0.15) is 0 Å². The third-order valence-corrected chi connectivity index (χ3v) is 4.82. The van der Waals surface area contributed by atoms with E-state index in [0.29, 0.717) is 30.3 Å². The van der Waals surface area contributed by atoms with Gasteiger partial charge < -0.3 is 4.74 Å². The van der Waals surface area contributed by atoms with Gasteiger partial charge in [0, 0.05) is 6.42 Å². The molecule has 0 fully saturated rings. The summed E-state index contributed by atoms with van der Waals surface area (Å²) in [4.78, 5) is 11.9. The van der Waals surface area contributed by atoms with E-state index in [0.717, 1.165) is 25.2 Å². The SMILES string of the molecule is CC(C)CCC(COC(=O)CCCCCCCC(C)(C)C)C(C)C. The lowest BCUT2D eigenvalue weighted by molar-refractivity contribution is -0.145. The van der Waals surface area contributed by atoms with Crippen LogP contribution in [0.15, 0.2) is 0 Å². The van der Waals surface area contributed by atoms with Crippen molar-refractivity contribution in [1.82, 2.24) is 0 Å². The van der Waals surface area contributed by atoms with Crippen LogP contribution in [0.1, 0.15) is 106 Å². The molecule has 0 N–H and O–H groups in total. The van der Waals surface area contributed by atoms with Gasteiger partial charge in [0.05, 0.1) is 6.61 Å². The maximum Gasteiger partial charge on any atom is 0.305 e. The van der Waals surface area contributed by atoms with Crippen LogP contribution in [0, 0.1) is 23.2 Å². The topological polar surface area (TPSA) is 26.3 Å². The quantitative estimate of drug-likeness (QED) is 0.266. The van der Waals surface area contributed by atoms with E-state index < -0.39 is 0 Å². The Bertz CT molecular complexity index is 312. The van der Waals surface area contributed by atoms with Crippen LogP contribution in [-0.2, 0) is 9.53 Å². The molecule has 0 saturated heterocycles. The molecule has 2 heteroatoms. The average molecular weight is 341 g/mol. The molecular weight excluding hydrogens is 296 g/mol. The number of esters is 1. The van der Waals surface area contributed by atoms with Crippen molar-refractivity contribution in [3.05, 3.63) is 0 Å². The lowest BCUT2D eigenvalue weighted by Gasteiger charge is -2.21. The first-order valence-electron chi connectivity index (χ1n) is 10.3. The van der Waals surface area contributed by atoms with E-state index in [2.05, 4.69) is 48.5 Å². The Morgan fingerprint density at radius 1 is 0.875 bits per heavy atom. The van der Waals surface area contributed by atoms with Gasteiger partial charge in [-0.25, -0.2) is 0 Å². The molecule has 0 aromatic carbocycles. The molecule has 0 aliphatic rings. The molecule has 0 aliphatic heterocycles. The molecule has 0 amide bonds. The minimum absolute atomic E-state index is 0.000103. The van der Waals surface area contributed by atoms with Crippen molar-refractivity contribution in [2.75, 3.05) is 6.61 Å². The zero-order valence-corrected chi connectivity index (χ0v) is 17.6. The number of hydrogen-bond acceptors (Lipinski definition) is 2. The summed E-state index contributed by atoms with van der Waals surface area (Å²) in [6, 6.07) is 0. The molecule has 0 bridgehead atoms. The van der Waals surface area contributed by atoms with E-state index in [1.165, 1.54) is 32.1 Å². The number of hydrogen-bond donors (Lipinski definition) is 0. The molecule has 0 saturated carbocycles. The number of unbranched alkanes of at least 4 members (excludes halogenated alkanes) is 4. The smallest absolute Gasteiger partial charge is 0.305 e. The molecule has 1 unspecified atom stereocenters. The van der Waals surface area contributed by atoms with Crippen LogP contribution >= 0.6 is 0 Å². The summed E-state index contributed by atoms with van der Waals surface area (Å²) in [6.45, 7) is 16.5. The summed E-state index contributed by atoms with van der Waals surface area (Å²) in [5.74, 6) is 1.81. The van der Waals surface area contributed by atoms with Crippen LogP contribution in [0.5, 0.6) is 0 Å². The summed E-state index contributed by atoms with van der Waals surface area (Å²) in [5, 5.41) is 0. The highest BCUT2D eigenvalue weighted by Crippen LogP contribution is 2.23. The summed E-state index contributed by atoms with van der Waals surface area (Å²) in [6.07, 6.45) is 10.2. The van der Waals surface area contributed by atoms with Crippen LogP contribution in [0.25, 0.3) is 0 Å². The van der Waals surface area contributed by atoms with Gasteiger partial charge in [0.2, 0.25) is 0 Å². The highest BCUT2D eigenvalue weighted by molar-refractivity contribution is 5.69. The van der Waals surface area contributed by atoms with Gasteiger partial charge in [-0.3, -0.25) is 4.79 Å². The highest BCUT2D eigenvalue weighted by Gasteiger charge is 2.16. The molecule has 0 radical (unpaired) electrons. The predicted octanol–water partition coefficient (Wildman–Crippen LogP) is 7.01. The Labute approximate surface area is 152 Å². The first-order chi connectivity index (χ1) is 11.1. The van der Waals surface area contributed by atoms with Crippen LogP contribution in [0.4, 0.5) is 0 Å². The lowest BCUT2D eigenvalue weighted by atomic mass is 9.89. The van der Waals surface area contributed by atoms with E-state index >= 15 is 0 Å². The molecule has 0 aromatic rings. The van der Waals surface area contributed by atoms with Crippen LogP contribution in [0.2, 0.25) is 0 Å². The van der Waals surface area contributed by atoms with Gasteiger partial charge in [-0.1, -0.05) is 80.6 Å². The van der Waals surface area contributed by atoms with Gasteiger partial charge in [-0.2, -0.15) is 0 Å². The van der Waals surface area contributed by atoms with E-state index in [1.54, 1.807) is 0 Å². The van der Waals surface area contributed by atoms with E-state index in [9.17, 15) is 4.79 Å². The maximum atomic E-state index is 11.9. The van der Waals surface area contributed by atoms with Crippen LogP contribution < -0.4 is 0 Å². The second-order valence-electron chi connectivity index (χ2n) is 9.49. The monoisotopic (exact) mass is 340 g/mol. The Balaban J connectivity index is 3.70. The van der Waals surface area contributed by atoms with Crippen molar-refractivity contribution < 1.29 is 9.53 Å². The highest BCUT2D eigenvalue weighted by atomic mass is 16.5. The Morgan fingerprint density at radius 3 is 2.00 bits per heavy atom. The fraction of sp³-hybridized carbons (Fsp3) is 0.955. The molecule has 144 valence electrons. The molecule has 0 aliphatic carbocycles. The van der Waals surface area contributed by atoms with Crippen molar-refractivity contribution in [2.24, 2.45) is 23.2 Å². The summed E-state index contributed by atoms with van der Waals surface area (Å²) in [7, 11) is 0. The molecule has 2 nitrogen and oxygen atoms in total. The van der Waals surface area contributed by atoms with Crippen LogP contribution in [0.3, 0.4) is 0 Å². The molecule has 1 atom stereocenters. The maximum absolute atomic E-state index is 11.9. The first kappa shape index (κ1) is 23.5. The van der Waals surface area contributed by atoms with Gasteiger partial charge >= 0.3 is 5.97 Å². The second-order valence-corrected chi connectivity index (χ2v) is 9.49. The zero-order valence-electron chi connectivity index (χ0n) is 17.6. The fourth-order valence-corrected chi connectivity index (χ4v) is 2.88. The van der Waals surface area contributed by atoms with Gasteiger partial charge in [-0.15, -0.1) is 0 Å². The molecule has 0 heterocycles. The Hall–Kier alpha value is -0.530. The molecule has 0 rings (SSSR count). The molecule has 24 heavy (non-hydrogen) atoms. The van der Waals surface area contributed by atoms with Crippen molar-refractivity contribution in [3.63, 3.8) is 0 Å². The summed E-state index contributed by atoms with van der Waals surface area (Å²) < 4.78 is 5.53. The third-order valence-electron chi connectivity index (χ3n) is 4.82. The number of carbonyl (C=O) groups is 1. The fourth-order valence-electron chi connectivity index (χ4n) is 2.88. The minimum Gasteiger partial charge on any atom is -0.465 e. The minimum atomic E-state index is -0.000103. The second kappa shape index (κ2) is 12.8.